The summed E-state index contributed by atoms with van der Waals surface area (Å²) < 4.78 is 0. The maximum absolute atomic E-state index is 10.5. The molecule has 10 heavy (non-hydrogen) atoms. The fourth-order valence-electron chi connectivity index (χ4n) is 2.13. The number of carboxylic acid groups (broad SMARTS) is 1. The third kappa shape index (κ3) is 0.736. The highest BCUT2D eigenvalue weighted by atomic mass is 16.4. The highest BCUT2D eigenvalue weighted by Gasteiger charge is 2.42. The van der Waals surface area contributed by atoms with Crippen molar-refractivity contribution >= 4 is 5.97 Å². The predicted octanol–water partition coefficient (Wildman–Crippen LogP) is 0.211. The van der Waals surface area contributed by atoms with Gasteiger partial charge in [0.05, 0.1) is 0 Å². The Morgan fingerprint density at radius 2 is 2.30 bits per heavy atom. The van der Waals surface area contributed by atoms with Gasteiger partial charge in [0, 0.05) is 6.04 Å². The van der Waals surface area contributed by atoms with Crippen LogP contribution >= 0.6 is 0 Å². The van der Waals surface area contributed by atoms with Crippen LogP contribution in [0.3, 0.4) is 0 Å². The van der Waals surface area contributed by atoms with E-state index >= 15 is 0 Å². The molecular weight excluding hydrogens is 130 g/mol. The van der Waals surface area contributed by atoms with E-state index in [9.17, 15) is 4.79 Å². The summed E-state index contributed by atoms with van der Waals surface area (Å²) in [7, 11) is 0. The Hall–Kier alpha value is -0.570. The zero-order chi connectivity index (χ0) is 7.14. The van der Waals surface area contributed by atoms with Gasteiger partial charge in [-0.15, -0.1) is 0 Å². The van der Waals surface area contributed by atoms with Gasteiger partial charge in [0.15, 0.2) is 0 Å². The van der Waals surface area contributed by atoms with Gasteiger partial charge in [0.1, 0.15) is 6.04 Å². The number of aliphatic carboxylic acids is 1. The first kappa shape index (κ1) is 6.16. The summed E-state index contributed by atoms with van der Waals surface area (Å²) in [5, 5.41) is 11.8. The summed E-state index contributed by atoms with van der Waals surface area (Å²) in [6.45, 7) is 0. The molecule has 0 radical (unpaired) electrons. The van der Waals surface area contributed by atoms with E-state index in [1.165, 1.54) is 6.42 Å². The van der Waals surface area contributed by atoms with Gasteiger partial charge in [-0.1, -0.05) is 0 Å². The third-order valence-electron chi connectivity index (χ3n) is 2.63. The molecule has 0 aromatic rings. The summed E-state index contributed by atoms with van der Waals surface area (Å²) in [5.41, 5.74) is 0. The second kappa shape index (κ2) is 1.95. The normalized spacial score (nSPS) is 44.2. The van der Waals surface area contributed by atoms with Crippen LogP contribution in [-0.4, -0.2) is 23.2 Å². The van der Waals surface area contributed by atoms with E-state index in [1.807, 2.05) is 0 Å². The highest BCUT2D eigenvalue weighted by Crippen LogP contribution is 2.34. The van der Waals surface area contributed by atoms with Gasteiger partial charge in [0.2, 0.25) is 0 Å². The Bertz CT molecular complexity index is 169. The number of carbonyl (C=O) groups is 1. The lowest BCUT2D eigenvalue weighted by molar-refractivity contribution is -0.140. The zero-order valence-electron chi connectivity index (χ0n) is 5.71. The van der Waals surface area contributed by atoms with Crippen molar-refractivity contribution in [2.75, 3.05) is 0 Å². The summed E-state index contributed by atoms with van der Waals surface area (Å²) in [6.07, 6.45) is 3.36. The average molecular weight is 141 g/mol. The summed E-state index contributed by atoms with van der Waals surface area (Å²) in [5.74, 6) is -0.255. The quantitative estimate of drug-likeness (QED) is 0.549. The third-order valence-corrected chi connectivity index (χ3v) is 2.63. The van der Waals surface area contributed by atoms with Crippen LogP contribution in [0.25, 0.3) is 0 Å². The van der Waals surface area contributed by atoms with Crippen molar-refractivity contribution in [1.29, 1.82) is 0 Å². The first-order chi connectivity index (χ1) is 4.77. The van der Waals surface area contributed by atoms with Crippen LogP contribution < -0.4 is 5.32 Å². The van der Waals surface area contributed by atoms with Crippen LogP contribution in [0.1, 0.15) is 19.3 Å². The molecule has 2 bridgehead atoms. The van der Waals surface area contributed by atoms with Crippen molar-refractivity contribution in [3.8, 4) is 0 Å². The molecule has 0 aromatic heterocycles. The van der Waals surface area contributed by atoms with E-state index < -0.39 is 5.97 Å². The molecule has 1 aliphatic carbocycles. The molecular formula is C7H11NO2. The number of hydrogen-bond acceptors (Lipinski definition) is 2. The maximum atomic E-state index is 10.5. The van der Waals surface area contributed by atoms with Gasteiger partial charge in [-0.3, -0.25) is 4.79 Å². The van der Waals surface area contributed by atoms with Crippen LogP contribution in [0, 0.1) is 5.92 Å². The number of hydrogen-bond donors (Lipinski definition) is 2. The van der Waals surface area contributed by atoms with Gasteiger partial charge < -0.3 is 10.4 Å². The first-order valence-electron chi connectivity index (χ1n) is 3.76. The molecule has 2 fully saturated rings. The van der Waals surface area contributed by atoms with Gasteiger partial charge in [-0.2, -0.15) is 0 Å². The van der Waals surface area contributed by atoms with Crippen LogP contribution in [0.15, 0.2) is 0 Å². The first-order valence-corrected chi connectivity index (χ1v) is 3.76. The van der Waals surface area contributed by atoms with Crippen LogP contribution in [-0.2, 0) is 4.79 Å². The standard InChI is InChI=1S/C7H11NO2/c9-7(10)6-4-1-2-5(3-4)8-6/h4-6,8H,1-3H2,(H,9,10)/t4-,5+,6+/m1/s1. The summed E-state index contributed by atoms with van der Waals surface area (Å²) in [4.78, 5) is 10.5. The number of carboxylic acids is 1. The lowest BCUT2D eigenvalue weighted by Crippen LogP contribution is -2.41. The molecule has 2 aliphatic rings. The predicted molar refractivity (Wildman–Crippen MR) is 35.7 cm³/mol. The van der Waals surface area contributed by atoms with Gasteiger partial charge in [0.25, 0.3) is 0 Å². The number of fused-ring (bicyclic) bond motifs is 2. The lowest BCUT2D eigenvalue weighted by Gasteiger charge is -2.18. The average Bonchev–Trinajstić information content (AvgIpc) is 2.44. The Labute approximate surface area is 59.4 Å². The molecule has 3 heteroatoms. The van der Waals surface area contributed by atoms with E-state index in [2.05, 4.69) is 5.32 Å². The molecule has 1 saturated carbocycles. The van der Waals surface area contributed by atoms with Crippen molar-refractivity contribution in [2.45, 2.75) is 31.3 Å². The van der Waals surface area contributed by atoms with Crippen molar-refractivity contribution < 1.29 is 9.90 Å². The minimum absolute atomic E-state index is 0.237. The van der Waals surface area contributed by atoms with Crippen LogP contribution in [0.2, 0.25) is 0 Å². The number of rotatable bonds is 1. The fourth-order valence-corrected chi connectivity index (χ4v) is 2.13. The molecule has 0 unspecified atom stereocenters. The molecule has 3 atom stereocenters. The van der Waals surface area contributed by atoms with Crippen LogP contribution in [0.4, 0.5) is 0 Å². The molecule has 1 aliphatic heterocycles. The van der Waals surface area contributed by atoms with Gasteiger partial charge >= 0.3 is 5.97 Å². The minimum Gasteiger partial charge on any atom is -0.480 e. The molecule has 0 spiro atoms. The number of piperidine rings is 1. The molecule has 1 heterocycles. The van der Waals surface area contributed by atoms with Crippen molar-refractivity contribution in [3.63, 3.8) is 0 Å². The van der Waals surface area contributed by atoms with Gasteiger partial charge in [-0.05, 0) is 25.2 Å². The largest absolute Gasteiger partial charge is 0.480 e. The van der Waals surface area contributed by atoms with E-state index in [0.29, 0.717) is 12.0 Å². The van der Waals surface area contributed by atoms with E-state index in [0.717, 1.165) is 12.8 Å². The van der Waals surface area contributed by atoms with E-state index in [1.54, 1.807) is 0 Å². The summed E-state index contributed by atoms with van der Waals surface area (Å²) in [6, 6.07) is 0.268. The molecule has 0 aromatic carbocycles. The Morgan fingerprint density at radius 3 is 2.60 bits per heavy atom. The van der Waals surface area contributed by atoms with Crippen molar-refractivity contribution in [2.24, 2.45) is 5.92 Å². The highest BCUT2D eigenvalue weighted by molar-refractivity contribution is 5.74. The van der Waals surface area contributed by atoms with Crippen molar-refractivity contribution in [3.05, 3.63) is 0 Å². The topological polar surface area (TPSA) is 49.3 Å². The molecule has 1 saturated heterocycles. The molecule has 2 rings (SSSR count). The summed E-state index contributed by atoms with van der Waals surface area (Å²) >= 11 is 0. The molecule has 2 N–H and O–H groups in total. The van der Waals surface area contributed by atoms with E-state index in [-0.39, 0.29) is 6.04 Å². The fraction of sp³-hybridized carbons (Fsp3) is 0.857. The Kier molecular flexibility index (Phi) is 1.20. The maximum Gasteiger partial charge on any atom is 0.320 e. The molecule has 56 valence electrons. The van der Waals surface area contributed by atoms with E-state index in [4.69, 9.17) is 5.11 Å². The number of nitrogens with one attached hydrogen (secondary N) is 1. The van der Waals surface area contributed by atoms with Gasteiger partial charge in [-0.25, -0.2) is 0 Å². The lowest BCUT2D eigenvalue weighted by atomic mass is 10.0. The minimum atomic E-state index is -0.674. The molecule has 3 nitrogen and oxygen atoms in total. The smallest absolute Gasteiger partial charge is 0.320 e. The molecule has 0 amide bonds. The Balaban J connectivity index is 2.08. The second-order valence-electron chi connectivity index (χ2n) is 3.25. The van der Waals surface area contributed by atoms with Crippen LogP contribution in [0.5, 0.6) is 0 Å². The second-order valence-corrected chi connectivity index (χ2v) is 3.25. The van der Waals surface area contributed by atoms with Crippen molar-refractivity contribution in [1.82, 2.24) is 5.32 Å². The monoisotopic (exact) mass is 141 g/mol. The SMILES string of the molecule is O=C(O)[C@H]1N[C@H]2CC[C@@H]1C2. The zero-order valence-corrected chi connectivity index (χ0v) is 5.71. The Morgan fingerprint density at radius 1 is 1.50 bits per heavy atom.